The molecule has 0 fully saturated rings. The predicted molar refractivity (Wildman–Crippen MR) is 144 cm³/mol. The number of rotatable bonds is 13. The monoisotopic (exact) mass is 502 g/mol. The van der Waals surface area contributed by atoms with Gasteiger partial charge in [-0.25, -0.2) is 4.98 Å². The minimum absolute atomic E-state index is 0.179. The average Bonchev–Trinajstić information content (AvgIpc) is 2.90. The maximum atomic E-state index is 13.1. The molecular formula is C29H34N4O4. The molecule has 0 bridgehead atoms. The number of carbonyl (C=O) groups excluding carboxylic acids is 2. The number of hydrogen-bond acceptors (Lipinski definition) is 5. The molecule has 1 aromatic heterocycles. The van der Waals surface area contributed by atoms with Gasteiger partial charge < -0.3 is 21.1 Å². The standard InChI is InChI=1S/C29H34N4O4/c1-20(2)28(33-26(34)12-8-18-31-25-11-6-7-17-30-25)29(37)32-24(19-27(35)36)23-15-13-22(14-16-23)21-9-4-3-5-10-21/h3-7,9-11,13-17,20,24,28H,8,12,18-19H2,1-2H3,(H,30,31)(H,32,37)(H,33,34)(H,35,36). The average molecular weight is 503 g/mol. The van der Waals surface area contributed by atoms with E-state index in [1.54, 1.807) is 6.20 Å². The molecule has 3 rings (SSSR count). The molecule has 0 saturated heterocycles. The third kappa shape index (κ3) is 8.75. The molecule has 0 saturated carbocycles. The lowest BCUT2D eigenvalue weighted by molar-refractivity contribution is -0.138. The largest absolute Gasteiger partial charge is 0.481 e. The number of anilines is 1. The molecule has 0 radical (unpaired) electrons. The highest BCUT2D eigenvalue weighted by molar-refractivity contribution is 5.88. The first-order valence-electron chi connectivity index (χ1n) is 12.5. The van der Waals surface area contributed by atoms with E-state index < -0.39 is 24.0 Å². The van der Waals surface area contributed by atoms with Gasteiger partial charge in [-0.1, -0.05) is 74.5 Å². The number of hydrogen-bond donors (Lipinski definition) is 4. The van der Waals surface area contributed by atoms with E-state index >= 15 is 0 Å². The molecule has 0 spiro atoms. The Hall–Kier alpha value is -4.20. The molecule has 2 amide bonds. The van der Waals surface area contributed by atoms with Gasteiger partial charge in [-0.2, -0.15) is 0 Å². The Morgan fingerprint density at radius 1 is 0.865 bits per heavy atom. The van der Waals surface area contributed by atoms with Crippen molar-refractivity contribution in [1.29, 1.82) is 0 Å². The van der Waals surface area contributed by atoms with Crippen LogP contribution in [0.25, 0.3) is 11.1 Å². The molecule has 0 aliphatic heterocycles. The van der Waals surface area contributed by atoms with Crippen LogP contribution in [0.4, 0.5) is 5.82 Å². The van der Waals surface area contributed by atoms with Crippen molar-refractivity contribution in [3.8, 4) is 11.1 Å². The van der Waals surface area contributed by atoms with Crippen molar-refractivity contribution >= 4 is 23.6 Å². The number of carboxylic acid groups (broad SMARTS) is 1. The number of benzene rings is 2. The SMILES string of the molecule is CC(C)C(NC(=O)CCCNc1ccccn1)C(=O)NC(CC(=O)O)c1ccc(-c2ccccc2)cc1. The number of pyridine rings is 1. The molecule has 8 heteroatoms. The van der Waals surface area contributed by atoms with Gasteiger partial charge in [-0.05, 0) is 41.2 Å². The first-order chi connectivity index (χ1) is 17.8. The summed E-state index contributed by atoms with van der Waals surface area (Å²) in [6.07, 6.45) is 2.24. The van der Waals surface area contributed by atoms with Gasteiger partial charge in [0.15, 0.2) is 0 Å². The number of nitrogens with one attached hydrogen (secondary N) is 3. The molecule has 2 unspecified atom stereocenters. The summed E-state index contributed by atoms with van der Waals surface area (Å²) in [6, 6.07) is 21.4. The summed E-state index contributed by atoms with van der Waals surface area (Å²) in [4.78, 5) is 41.4. The fourth-order valence-electron chi connectivity index (χ4n) is 3.94. The predicted octanol–water partition coefficient (Wildman–Crippen LogP) is 4.41. The topological polar surface area (TPSA) is 120 Å². The van der Waals surface area contributed by atoms with E-state index in [9.17, 15) is 19.5 Å². The van der Waals surface area contributed by atoms with E-state index in [0.29, 0.717) is 18.5 Å². The Morgan fingerprint density at radius 2 is 1.54 bits per heavy atom. The van der Waals surface area contributed by atoms with E-state index in [4.69, 9.17) is 0 Å². The smallest absolute Gasteiger partial charge is 0.305 e. The number of carbonyl (C=O) groups is 3. The Labute approximate surface area is 217 Å². The molecule has 0 aliphatic rings. The molecule has 8 nitrogen and oxygen atoms in total. The highest BCUT2D eigenvalue weighted by Gasteiger charge is 2.27. The number of aromatic nitrogens is 1. The Morgan fingerprint density at radius 3 is 2.16 bits per heavy atom. The number of amides is 2. The molecule has 2 atom stereocenters. The van der Waals surface area contributed by atoms with Crippen LogP contribution in [0, 0.1) is 5.92 Å². The van der Waals surface area contributed by atoms with Gasteiger partial charge >= 0.3 is 5.97 Å². The van der Waals surface area contributed by atoms with Gasteiger partial charge in [0.25, 0.3) is 0 Å². The number of nitrogens with zero attached hydrogens (tertiary/aromatic N) is 1. The van der Waals surface area contributed by atoms with Crippen LogP contribution < -0.4 is 16.0 Å². The zero-order chi connectivity index (χ0) is 26.6. The molecule has 37 heavy (non-hydrogen) atoms. The zero-order valence-corrected chi connectivity index (χ0v) is 21.2. The fourth-order valence-corrected chi connectivity index (χ4v) is 3.94. The van der Waals surface area contributed by atoms with E-state index in [2.05, 4.69) is 20.9 Å². The van der Waals surface area contributed by atoms with Crippen LogP contribution in [-0.4, -0.2) is 40.5 Å². The van der Waals surface area contributed by atoms with Crippen LogP contribution in [0.15, 0.2) is 79.0 Å². The summed E-state index contributed by atoms with van der Waals surface area (Å²) in [5.41, 5.74) is 2.73. The maximum absolute atomic E-state index is 13.1. The van der Waals surface area contributed by atoms with Gasteiger partial charge in [0.05, 0.1) is 12.5 Å². The van der Waals surface area contributed by atoms with Crippen molar-refractivity contribution in [3.63, 3.8) is 0 Å². The van der Waals surface area contributed by atoms with E-state index in [0.717, 1.165) is 16.9 Å². The van der Waals surface area contributed by atoms with Crippen LogP contribution in [-0.2, 0) is 14.4 Å². The number of aliphatic carboxylic acids is 1. The van der Waals surface area contributed by atoms with E-state index in [1.807, 2.05) is 86.6 Å². The molecule has 3 aromatic rings. The van der Waals surface area contributed by atoms with E-state index in [1.165, 1.54) is 0 Å². The summed E-state index contributed by atoms with van der Waals surface area (Å²) in [5.74, 6) is -1.11. The molecule has 1 heterocycles. The third-order valence-electron chi connectivity index (χ3n) is 5.93. The maximum Gasteiger partial charge on any atom is 0.305 e. The van der Waals surface area contributed by atoms with Crippen LogP contribution in [0.1, 0.15) is 44.7 Å². The highest BCUT2D eigenvalue weighted by Crippen LogP contribution is 2.24. The summed E-state index contributed by atoms with van der Waals surface area (Å²) in [7, 11) is 0. The van der Waals surface area contributed by atoms with Gasteiger partial charge in [0.2, 0.25) is 11.8 Å². The second kappa shape index (κ2) is 13.8. The van der Waals surface area contributed by atoms with Gasteiger partial charge in [-0.15, -0.1) is 0 Å². The fraction of sp³-hybridized carbons (Fsp3) is 0.310. The lowest BCUT2D eigenvalue weighted by atomic mass is 9.97. The van der Waals surface area contributed by atoms with Crippen LogP contribution in [0.2, 0.25) is 0 Å². The first kappa shape index (κ1) is 27.4. The minimum atomic E-state index is -1.03. The third-order valence-corrected chi connectivity index (χ3v) is 5.93. The first-order valence-corrected chi connectivity index (χ1v) is 12.5. The second-order valence-electron chi connectivity index (χ2n) is 9.18. The molecular weight excluding hydrogens is 468 g/mol. The van der Waals surface area contributed by atoms with Crippen LogP contribution in [0.5, 0.6) is 0 Å². The van der Waals surface area contributed by atoms with Crippen LogP contribution in [0.3, 0.4) is 0 Å². The Balaban J connectivity index is 1.59. The molecule has 194 valence electrons. The lowest BCUT2D eigenvalue weighted by Gasteiger charge is -2.25. The van der Waals surface area contributed by atoms with Crippen molar-refractivity contribution in [2.45, 2.75) is 45.2 Å². The Kier molecular flexibility index (Phi) is 10.2. The van der Waals surface area contributed by atoms with Gasteiger partial charge in [0.1, 0.15) is 11.9 Å². The normalized spacial score (nSPS) is 12.4. The zero-order valence-electron chi connectivity index (χ0n) is 21.2. The van der Waals surface area contributed by atoms with E-state index in [-0.39, 0.29) is 24.7 Å². The summed E-state index contributed by atoms with van der Waals surface area (Å²) < 4.78 is 0. The van der Waals surface area contributed by atoms with Crippen molar-refractivity contribution in [2.75, 3.05) is 11.9 Å². The van der Waals surface area contributed by atoms with Crippen molar-refractivity contribution in [3.05, 3.63) is 84.6 Å². The molecule has 2 aromatic carbocycles. The van der Waals surface area contributed by atoms with Gasteiger partial charge in [0, 0.05) is 19.2 Å². The summed E-state index contributed by atoms with van der Waals surface area (Å²) >= 11 is 0. The quantitative estimate of drug-likeness (QED) is 0.257. The van der Waals surface area contributed by atoms with Crippen molar-refractivity contribution in [2.24, 2.45) is 5.92 Å². The van der Waals surface area contributed by atoms with Crippen molar-refractivity contribution in [1.82, 2.24) is 15.6 Å². The van der Waals surface area contributed by atoms with Crippen LogP contribution >= 0.6 is 0 Å². The minimum Gasteiger partial charge on any atom is -0.481 e. The van der Waals surface area contributed by atoms with Gasteiger partial charge in [-0.3, -0.25) is 14.4 Å². The lowest BCUT2D eigenvalue weighted by Crippen LogP contribution is -2.50. The molecule has 4 N–H and O–H groups in total. The highest BCUT2D eigenvalue weighted by atomic mass is 16.4. The number of carboxylic acids is 1. The second-order valence-corrected chi connectivity index (χ2v) is 9.18. The Bertz CT molecular complexity index is 1150. The summed E-state index contributed by atoms with van der Waals surface area (Å²) in [6.45, 7) is 4.25. The molecule has 0 aliphatic carbocycles. The summed E-state index contributed by atoms with van der Waals surface area (Å²) in [5, 5.41) is 18.3. The van der Waals surface area contributed by atoms with Crippen molar-refractivity contribution < 1.29 is 19.5 Å².